The first-order valence-corrected chi connectivity index (χ1v) is 4.19. The summed E-state index contributed by atoms with van der Waals surface area (Å²) in [4.78, 5) is 11.3. The van der Waals surface area contributed by atoms with Gasteiger partial charge in [0, 0.05) is 6.20 Å². The summed E-state index contributed by atoms with van der Waals surface area (Å²) in [6, 6.07) is 3.39. The average molecular weight is 212 g/mol. The molecule has 0 fully saturated rings. The van der Waals surface area contributed by atoms with Crippen LogP contribution in [0.4, 0.5) is 0 Å². The Hall–Kier alpha value is -1.62. The van der Waals surface area contributed by atoms with Crippen molar-refractivity contribution >= 4 is 23.1 Å². The molecule has 14 heavy (non-hydrogen) atoms. The summed E-state index contributed by atoms with van der Waals surface area (Å²) in [7, 11) is 1.29. The standard InChI is InChI=1S/C8H6ClN3O2/c1-14-8(13)6-5-3-2-4-10-12(5)11-7(6)9/h2-4H,1H3. The molecule has 0 saturated heterocycles. The van der Waals surface area contributed by atoms with E-state index in [1.54, 1.807) is 18.3 Å². The molecule has 5 nitrogen and oxygen atoms in total. The minimum atomic E-state index is -0.516. The molecule has 72 valence electrons. The second-order valence-corrected chi connectivity index (χ2v) is 2.91. The van der Waals surface area contributed by atoms with Crippen molar-refractivity contribution in [3.05, 3.63) is 29.0 Å². The fraction of sp³-hybridized carbons (Fsp3) is 0.125. The van der Waals surface area contributed by atoms with Gasteiger partial charge in [0.15, 0.2) is 5.15 Å². The molecular weight excluding hydrogens is 206 g/mol. The maximum Gasteiger partial charge on any atom is 0.343 e. The number of nitrogens with zero attached hydrogens (tertiary/aromatic N) is 3. The molecule has 0 amide bonds. The lowest BCUT2D eigenvalue weighted by atomic mass is 10.3. The van der Waals surface area contributed by atoms with Crippen molar-refractivity contribution in [1.29, 1.82) is 0 Å². The van der Waals surface area contributed by atoms with E-state index in [4.69, 9.17) is 11.6 Å². The molecule has 0 atom stereocenters. The summed E-state index contributed by atoms with van der Waals surface area (Å²) in [5, 5.41) is 7.84. The molecule has 0 saturated carbocycles. The number of carbonyl (C=O) groups is 1. The van der Waals surface area contributed by atoms with Crippen LogP contribution in [0.5, 0.6) is 0 Å². The molecule has 0 bridgehead atoms. The van der Waals surface area contributed by atoms with Crippen LogP contribution in [-0.4, -0.2) is 27.9 Å². The Morgan fingerprint density at radius 1 is 1.64 bits per heavy atom. The fourth-order valence-corrected chi connectivity index (χ4v) is 1.40. The number of esters is 1. The Morgan fingerprint density at radius 3 is 3.14 bits per heavy atom. The molecule has 0 aliphatic carbocycles. The van der Waals surface area contributed by atoms with E-state index in [1.807, 2.05) is 0 Å². The van der Waals surface area contributed by atoms with Gasteiger partial charge in [-0.3, -0.25) is 0 Å². The van der Waals surface area contributed by atoms with E-state index in [0.29, 0.717) is 5.52 Å². The maximum atomic E-state index is 11.3. The third kappa shape index (κ3) is 1.22. The summed E-state index contributed by atoms with van der Waals surface area (Å²) in [6.45, 7) is 0. The van der Waals surface area contributed by atoms with Gasteiger partial charge in [0.2, 0.25) is 0 Å². The van der Waals surface area contributed by atoms with E-state index in [-0.39, 0.29) is 10.7 Å². The Labute approximate surface area is 84.2 Å². The van der Waals surface area contributed by atoms with E-state index in [0.717, 1.165) is 0 Å². The van der Waals surface area contributed by atoms with Crippen molar-refractivity contribution in [3.63, 3.8) is 0 Å². The molecule has 6 heteroatoms. The van der Waals surface area contributed by atoms with E-state index >= 15 is 0 Å². The van der Waals surface area contributed by atoms with Crippen molar-refractivity contribution in [2.75, 3.05) is 7.11 Å². The summed E-state index contributed by atoms with van der Waals surface area (Å²) in [5.41, 5.74) is 0.770. The van der Waals surface area contributed by atoms with Gasteiger partial charge >= 0.3 is 5.97 Å². The van der Waals surface area contributed by atoms with E-state index < -0.39 is 5.97 Å². The molecule has 0 aliphatic heterocycles. The number of carbonyl (C=O) groups excluding carboxylic acids is 1. The first kappa shape index (κ1) is 8.96. The van der Waals surface area contributed by atoms with Crippen LogP contribution >= 0.6 is 11.6 Å². The quantitative estimate of drug-likeness (QED) is 0.665. The number of methoxy groups -OCH3 is 1. The zero-order chi connectivity index (χ0) is 10.1. The zero-order valence-electron chi connectivity index (χ0n) is 7.27. The third-order valence-electron chi connectivity index (χ3n) is 1.77. The second kappa shape index (κ2) is 3.26. The monoisotopic (exact) mass is 211 g/mol. The third-order valence-corrected chi connectivity index (χ3v) is 2.03. The molecule has 2 heterocycles. The molecule has 0 spiro atoms. The average Bonchev–Trinajstić information content (AvgIpc) is 2.53. The molecule has 0 aliphatic rings. The topological polar surface area (TPSA) is 56.5 Å². The predicted octanol–water partition coefficient (Wildman–Crippen LogP) is 1.17. The molecular formula is C8H6ClN3O2. The van der Waals surface area contributed by atoms with Gasteiger partial charge in [0.05, 0.1) is 7.11 Å². The number of halogens is 1. The first-order chi connectivity index (χ1) is 6.74. The number of rotatable bonds is 1. The van der Waals surface area contributed by atoms with Gasteiger partial charge in [-0.25, -0.2) is 4.79 Å². The summed E-state index contributed by atoms with van der Waals surface area (Å²) in [5.74, 6) is -0.516. The minimum Gasteiger partial charge on any atom is -0.465 e. The van der Waals surface area contributed by atoms with E-state index in [2.05, 4.69) is 14.9 Å². The van der Waals surface area contributed by atoms with Gasteiger partial charge < -0.3 is 4.74 Å². The SMILES string of the molecule is COC(=O)c1c(Cl)nn2ncccc12. The van der Waals surface area contributed by atoms with Gasteiger partial charge in [0.25, 0.3) is 0 Å². The highest BCUT2D eigenvalue weighted by atomic mass is 35.5. The van der Waals surface area contributed by atoms with Gasteiger partial charge in [-0.1, -0.05) is 11.6 Å². The van der Waals surface area contributed by atoms with Crippen LogP contribution in [0.25, 0.3) is 5.52 Å². The van der Waals surface area contributed by atoms with E-state index in [9.17, 15) is 4.79 Å². The van der Waals surface area contributed by atoms with Crippen LogP contribution in [0.15, 0.2) is 18.3 Å². The molecule has 0 radical (unpaired) electrons. The fourth-order valence-electron chi connectivity index (χ4n) is 1.16. The summed E-state index contributed by atoms with van der Waals surface area (Å²) < 4.78 is 5.87. The van der Waals surface area contributed by atoms with Crippen molar-refractivity contribution in [3.8, 4) is 0 Å². The van der Waals surface area contributed by atoms with E-state index in [1.165, 1.54) is 11.7 Å². The lowest BCUT2D eigenvalue weighted by Gasteiger charge is -1.95. The molecule has 2 aromatic rings. The van der Waals surface area contributed by atoms with Crippen LogP contribution < -0.4 is 0 Å². The Bertz CT molecular complexity index is 494. The highest BCUT2D eigenvalue weighted by Gasteiger charge is 2.18. The van der Waals surface area contributed by atoms with Gasteiger partial charge in [-0.15, -0.1) is 9.73 Å². The van der Waals surface area contributed by atoms with Crippen LogP contribution in [0.2, 0.25) is 5.15 Å². The van der Waals surface area contributed by atoms with Gasteiger partial charge in [-0.2, -0.15) is 5.10 Å². The second-order valence-electron chi connectivity index (χ2n) is 2.56. The van der Waals surface area contributed by atoms with Crippen LogP contribution in [0, 0.1) is 0 Å². The molecule has 0 aromatic carbocycles. The number of aromatic nitrogens is 3. The largest absolute Gasteiger partial charge is 0.465 e. The summed E-state index contributed by atoms with van der Waals surface area (Å²) >= 11 is 5.77. The minimum absolute atomic E-state index is 0.0931. The van der Waals surface area contributed by atoms with Gasteiger partial charge in [0.1, 0.15) is 11.1 Å². The Morgan fingerprint density at radius 2 is 2.43 bits per heavy atom. The number of hydrogen-bond acceptors (Lipinski definition) is 4. The molecule has 0 N–H and O–H groups in total. The maximum absolute atomic E-state index is 11.3. The lowest BCUT2D eigenvalue weighted by Crippen LogP contribution is -2.01. The predicted molar refractivity (Wildman–Crippen MR) is 49.3 cm³/mol. The molecule has 0 unspecified atom stereocenters. The normalized spacial score (nSPS) is 10.4. The van der Waals surface area contributed by atoms with Crippen molar-refractivity contribution < 1.29 is 9.53 Å². The van der Waals surface area contributed by atoms with Crippen molar-refractivity contribution in [1.82, 2.24) is 14.8 Å². The molecule has 2 rings (SSSR count). The highest BCUT2D eigenvalue weighted by Crippen LogP contribution is 2.19. The summed E-state index contributed by atoms with van der Waals surface area (Å²) in [6.07, 6.45) is 1.55. The van der Waals surface area contributed by atoms with Gasteiger partial charge in [-0.05, 0) is 12.1 Å². The van der Waals surface area contributed by atoms with Crippen molar-refractivity contribution in [2.45, 2.75) is 0 Å². The Kier molecular flexibility index (Phi) is 2.09. The molecule has 2 aromatic heterocycles. The zero-order valence-corrected chi connectivity index (χ0v) is 8.02. The number of ether oxygens (including phenoxy) is 1. The van der Waals surface area contributed by atoms with Crippen molar-refractivity contribution in [2.24, 2.45) is 0 Å². The van der Waals surface area contributed by atoms with Crippen LogP contribution in [0.3, 0.4) is 0 Å². The number of hydrogen-bond donors (Lipinski definition) is 0. The smallest absolute Gasteiger partial charge is 0.343 e. The number of fused-ring (bicyclic) bond motifs is 1. The van der Waals surface area contributed by atoms with Crippen LogP contribution in [-0.2, 0) is 4.74 Å². The first-order valence-electron chi connectivity index (χ1n) is 3.82. The highest BCUT2D eigenvalue weighted by molar-refractivity contribution is 6.33. The van der Waals surface area contributed by atoms with Crippen LogP contribution in [0.1, 0.15) is 10.4 Å². The lowest BCUT2D eigenvalue weighted by molar-refractivity contribution is 0.0603. The Balaban J connectivity index is 2.74.